The molecule has 0 saturated heterocycles. The lowest BCUT2D eigenvalue weighted by Gasteiger charge is -2.04. The van der Waals surface area contributed by atoms with Crippen LogP contribution in [0.15, 0.2) is 0 Å². The van der Waals surface area contributed by atoms with Gasteiger partial charge in [-0.1, -0.05) is 6.92 Å². The second kappa shape index (κ2) is 10.8. The molecular weight excluding hydrogens is 158 g/mol. The van der Waals surface area contributed by atoms with Crippen molar-refractivity contribution in [2.75, 3.05) is 39.8 Å². The van der Waals surface area contributed by atoms with E-state index in [0.29, 0.717) is 33.2 Å². The van der Waals surface area contributed by atoms with Gasteiger partial charge in [-0.15, -0.1) is 0 Å². The molecule has 4 heteroatoms. The molecule has 0 aliphatic carbocycles. The fourth-order valence-corrected chi connectivity index (χ4v) is 0.624. The Balaban J connectivity index is 2.73. The van der Waals surface area contributed by atoms with Crippen molar-refractivity contribution in [2.24, 2.45) is 5.73 Å². The molecule has 0 unspecified atom stereocenters. The Kier molecular flexibility index (Phi) is 10.7. The summed E-state index contributed by atoms with van der Waals surface area (Å²) in [7, 11) is 0. The largest absolute Gasteiger partial charge is 0.378 e. The Morgan fingerprint density at radius 3 is 2.25 bits per heavy atom. The first-order valence-electron chi connectivity index (χ1n) is 4.35. The third kappa shape index (κ3) is 9.84. The molecule has 0 aliphatic heterocycles. The molecule has 0 rings (SSSR count). The van der Waals surface area contributed by atoms with Crippen LogP contribution in [-0.2, 0) is 14.2 Å². The Morgan fingerprint density at radius 2 is 1.58 bits per heavy atom. The van der Waals surface area contributed by atoms with Crippen molar-refractivity contribution >= 4 is 0 Å². The third-order valence-electron chi connectivity index (χ3n) is 1.15. The molecule has 0 radical (unpaired) electrons. The molecule has 0 heterocycles. The van der Waals surface area contributed by atoms with E-state index in [1.165, 1.54) is 0 Å². The molecule has 0 aliphatic rings. The van der Waals surface area contributed by atoms with E-state index in [1.54, 1.807) is 0 Å². The maximum Gasteiger partial charge on any atom is 0.146 e. The van der Waals surface area contributed by atoms with Crippen molar-refractivity contribution in [1.29, 1.82) is 0 Å². The Labute approximate surface area is 74.0 Å². The molecule has 0 amide bonds. The van der Waals surface area contributed by atoms with Gasteiger partial charge in [0.05, 0.1) is 19.8 Å². The first-order chi connectivity index (χ1) is 5.91. The lowest BCUT2D eigenvalue weighted by Crippen LogP contribution is -2.12. The van der Waals surface area contributed by atoms with Crippen LogP contribution >= 0.6 is 0 Å². The fraction of sp³-hybridized carbons (Fsp3) is 1.00. The summed E-state index contributed by atoms with van der Waals surface area (Å²) in [5.41, 5.74) is 5.22. The summed E-state index contributed by atoms with van der Waals surface area (Å²) in [4.78, 5) is 0. The molecule has 0 aromatic rings. The van der Waals surface area contributed by atoms with Crippen molar-refractivity contribution in [3.8, 4) is 0 Å². The number of nitrogens with two attached hydrogens (primary N) is 1. The van der Waals surface area contributed by atoms with Crippen LogP contribution in [0.1, 0.15) is 13.3 Å². The summed E-state index contributed by atoms with van der Waals surface area (Å²) in [6, 6.07) is 0. The Morgan fingerprint density at radius 1 is 0.917 bits per heavy atom. The second-order valence-electron chi connectivity index (χ2n) is 2.34. The number of rotatable bonds is 9. The molecule has 12 heavy (non-hydrogen) atoms. The average Bonchev–Trinajstić information content (AvgIpc) is 2.10. The van der Waals surface area contributed by atoms with E-state index in [-0.39, 0.29) is 0 Å². The minimum atomic E-state index is 0.361. The van der Waals surface area contributed by atoms with E-state index in [4.69, 9.17) is 19.9 Å². The van der Waals surface area contributed by atoms with Crippen LogP contribution in [0.5, 0.6) is 0 Å². The molecule has 0 aromatic carbocycles. The van der Waals surface area contributed by atoms with Crippen LogP contribution in [0.25, 0.3) is 0 Å². The van der Waals surface area contributed by atoms with E-state index < -0.39 is 0 Å². The van der Waals surface area contributed by atoms with Crippen LogP contribution in [-0.4, -0.2) is 39.8 Å². The van der Waals surface area contributed by atoms with Gasteiger partial charge < -0.3 is 19.9 Å². The van der Waals surface area contributed by atoms with Gasteiger partial charge in [-0.05, 0) is 6.42 Å². The highest BCUT2D eigenvalue weighted by molar-refractivity contribution is 4.31. The van der Waals surface area contributed by atoms with Crippen molar-refractivity contribution in [3.05, 3.63) is 0 Å². The molecule has 0 aromatic heterocycles. The van der Waals surface area contributed by atoms with Gasteiger partial charge in [-0.3, -0.25) is 0 Å². The van der Waals surface area contributed by atoms with Crippen LogP contribution in [0, 0.1) is 0 Å². The zero-order valence-electron chi connectivity index (χ0n) is 7.75. The summed E-state index contributed by atoms with van der Waals surface area (Å²) in [5.74, 6) is 0. The number of hydrogen-bond donors (Lipinski definition) is 1. The minimum Gasteiger partial charge on any atom is -0.378 e. The van der Waals surface area contributed by atoms with Gasteiger partial charge >= 0.3 is 0 Å². The van der Waals surface area contributed by atoms with E-state index >= 15 is 0 Å². The molecule has 0 saturated carbocycles. The molecule has 0 spiro atoms. The normalized spacial score (nSPS) is 10.5. The summed E-state index contributed by atoms with van der Waals surface area (Å²) >= 11 is 0. The maximum absolute atomic E-state index is 5.22. The van der Waals surface area contributed by atoms with Crippen molar-refractivity contribution in [2.45, 2.75) is 13.3 Å². The first-order valence-corrected chi connectivity index (χ1v) is 4.35. The molecule has 2 N–H and O–H groups in total. The highest BCUT2D eigenvalue weighted by atomic mass is 16.7. The predicted molar refractivity (Wildman–Crippen MR) is 46.9 cm³/mol. The zero-order chi connectivity index (χ0) is 9.07. The minimum absolute atomic E-state index is 0.361. The van der Waals surface area contributed by atoms with Gasteiger partial charge in [0.2, 0.25) is 0 Å². The summed E-state index contributed by atoms with van der Waals surface area (Å²) in [6.07, 6.45) is 1.02. The molecule has 4 nitrogen and oxygen atoms in total. The molecule has 0 bridgehead atoms. The van der Waals surface area contributed by atoms with E-state index in [0.717, 1.165) is 13.0 Å². The first kappa shape index (κ1) is 11.8. The second-order valence-corrected chi connectivity index (χ2v) is 2.34. The predicted octanol–water partition coefficient (Wildman–Crippen LogP) is 0.362. The van der Waals surface area contributed by atoms with Gasteiger partial charge in [-0.2, -0.15) is 0 Å². The average molecular weight is 177 g/mol. The highest BCUT2D eigenvalue weighted by Gasteiger charge is 1.88. The zero-order valence-corrected chi connectivity index (χ0v) is 7.75. The van der Waals surface area contributed by atoms with Crippen LogP contribution < -0.4 is 5.73 Å². The smallest absolute Gasteiger partial charge is 0.146 e. The topological polar surface area (TPSA) is 53.7 Å². The summed E-state index contributed by atoms with van der Waals surface area (Å²) in [6.45, 7) is 5.50. The van der Waals surface area contributed by atoms with Gasteiger partial charge in [0, 0.05) is 13.2 Å². The van der Waals surface area contributed by atoms with Gasteiger partial charge in [0.1, 0.15) is 6.79 Å². The van der Waals surface area contributed by atoms with E-state index in [1.807, 2.05) is 0 Å². The van der Waals surface area contributed by atoms with E-state index in [9.17, 15) is 0 Å². The Bertz CT molecular complexity index is 70.7. The maximum atomic E-state index is 5.22. The quantitative estimate of drug-likeness (QED) is 0.408. The van der Waals surface area contributed by atoms with Crippen molar-refractivity contribution in [3.63, 3.8) is 0 Å². The number of hydrogen-bond acceptors (Lipinski definition) is 4. The Hall–Kier alpha value is -0.160. The molecule has 0 fully saturated rings. The lowest BCUT2D eigenvalue weighted by molar-refractivity contribution is -0.0685. The third-order valence-corrected chi connectivity index (χ3v) is 1.15. The van der Waals surface area contributed by atoms with E-state index in [2.05, 4.69) is 6.92 Å². The SMILES string of the molecule is CCCOCOCCOCCN. The number of ether oxygens (including phenoxy) is 3. The van der Waals surface area contributed by atoms with Crippen LogP contribution in [0.4, 0.5) is 0 Å². The van der Waals surface area contributed by atoms with Gasteiger partial charge in [-0.25, -0.2) is 0 Å². The van der Waals surface area contributed by atoms with Gasteiger partial charge in [0.15, 0.2) is 0 Å². The van der Waals surface area contributed by atoms with Crippen molar-refractivity contribution < 1.29 is 14.2 Å². The lowest BCUT2D eigenvalue weighted by atomic mass is 10.5. The molecule has 74 valence electrons. The summed E-state index contributed by atoms with van der Waals surface area (Å²) in [5, 5.41) is 0. The highest BCUT2D eigenvalue weighted by Crippen LogP contribution is 1.82. The molecular formula is C8H19NO3. The van der Waals surface area contributed by atoms with Crippen molar-refractivity contribution in [1.82, 2.24) is 0 Å². The standard InChI is InChI=1S/C8H19NO3/c1-2-4-11-8-12-7-6-10-5-3-9/h2-9H2,1H3. The fourth-order valence-electron chi connectivity index (χ4n) is 0.624. The van der Waals surface area contributed by atoms with Crippen LogP contribution in [0.3, 0.4) is 0 Å². The molecule has 0 atom stereocenters. The van der Waals surface area contributed by atoms with Gasteiger partial charge in [0.25, 0.3) is 0 Å². The monoisotopic (exact) mass is 177 g/mol. The van der Waals surface area contributed by atoms with Crippen LogP contribution in [0.2, 0.25) is 0 Å². The summed E-state index contributed by atoms with van der Waals surface area (Å²) < 4.78 is 15.3.